The Bertz CT molecular complexity index is 1040. The molecule has 2 aromatic heterocycles. The number of hydrogen-bond acceptors (Lipinski definition) is 6. The van der Waals surface area contributed by atoms with Crippen LogP contribution in [0.1, 0.15) is 11.5 Å². The van der Waals surface area contributed by atoms with Gasteiger partial charge in [0.2, 0.25) is 11.7 Å². The van der Waals surface area contributed by atoms with Crippen LogP contribution in [0, 0.1) is 6.92 Å². The minimum Gasteiger partial charge on any atom is -0.353 e. The summed E-state index contributed by atoms with van der Waals surface area (Å²) in [7, 11) is 0. The largest absolute Gasteiger partial charge is 0.416 e. The van der Waals surface area contributed by atoms with Crippen LogP contribution < -0.4 is 10.2 Å². The summed E-state index contributed by atoms with van der Waals surface area (Å²) < 4.78 is 42.9. The van der Waals surface area contributed by atoms with Gasteiger partial charge in [-0.1, -0.05) is 5.16 Å². The Labute approximate surface area is 175 Å². The van der Waals surface area contributed by atoms with Gasteiger partial charge in [-0.25, -0.2) is 9.78 Å². The van der Waals surface area contributed by atoms with Crippen molar-refractivity contribution in [2.45, 2.75) is 13.1 Å². The number of pyridine rings is 1. The van der Waals surface area contributed by atoms with Crippen molar-refractivity contribution in [1.82, 2.24) is 20.0 Å². The summed E-state index contributed by atoms with van der Waals surface area (Å²) in [6.07, 6.45) is -2.74. The molecule has 1 aromatic carbocycles. The summed E-state index contributed by atoms with van der Waals surface area (Å²) in [4.78, 5) is 24.7. The molecule has 1 aliphatic heterocycles. The summed E-state index contributed by atoms with van der Waals surface area (Å²) >= 11 is 0. The molecule has 0 unspecified atom stereocenters. The van der Waals surface area contributed by atoms with Gasteiger partial charge < -0.3 is 19.6 Å². The third-order valence-electron chi connectivity index (χ3n) is 4.89. The second-order valence-electron chi connectivity index (χ2n) is 7.02. The van der Waals surface area contributed by atoms with Crippen LogP contribution in [-0.2, 0) is 6.18 Å². The molecule has 31 heavy (non-hydrogen) atoms. The van der Waals surface area contributed by atoms with Crippen LogP contribution in [0.25, 0.3) is 11.4 Å². The molecule has 1 N–H and O–H groups in total. The van der Waals surface area contributed by atoms with Gasteiger partial charge in [-0.05, 0) is 36.4 Å². The molecule has 1 fully saturated rings. The van der Waals surface area contributed by atoms with E-state index in [0.717, 1.165) is 23.5 Å². The second-order valence-corrected chi connectivity index (χ2v) is 7.02. The van der Waals surface area contributed by atoms with Crippen molar-refractivity contribution in [2.75, 3.05) is 36.4 Å². The minimum atomic E-state index is -4.41. The molecule has 0 saturated carbocycles. The monoisotopic (exact) mass is 432 g/mol. The Morgan fingerprint density at radius 3 is 2.32 bits per heavy atom. The van der Waals surface area contributed by atoms with Gasteiger partial charge in [0.1, 0.15) is 5.82 Å². The van der Waals surface area contributed by atoms with Gasteiger partial charge in [0.15, 0.2) is 0 Å². The smallest absolute Gasteiger partial charge is 0.353 e. The number of nitrogens with zero attached hydrogens (tertiary/aromatic N) is 5. The molecule has 8 nitrogen and oxygen atoms in total. The van der Waals surface area contributed by atoms with E-state index in [4.69, 9.17) is 4.52 Å². The van der Waals surface area contributed by atoms with Crippen LogP contribution in [-0.4, -0.2) is 52.2 Å². The maximum absolute atomic E-state index is 12.6. The van der Waals surface area contributed by atoms with Gasteiger partial charge >= 0.3 is 12.2 Å². The molecule has 0 spiro atoms. The standard InChI is InChI=1S/C20H19F3N6O2/c1-13-25-18(27-31-13)14-2-7-17(24-12-14)28-8-10-29(11-9-28)19(30)26-16-5-3-15(4-6-16)20(21,22)23/h2-7,12H,8-11H2,1H3,(H,26,30). The first kappa shape index (κ1) is 20.6. The van der Waals surface area contributed by atoms with Crippen molar-refractivity contribution >= 4 is 17.5 Å². The zero-order valence-corrected chi connectivity index (χ0v) is 16.6. The molecule has 1 saturated heterocycles. The van der Waals surface area contributed by atoms with E-state index in [-0.39, 0.29) is 6.03 Å². The van der Waals surface area contributed by atoms with E-state index in [9.17, 15) is 18.0 Å². The molecule has 4 rings (SSSR count). The first-order valence-corrected chi connectivity index (χ1v) is 9.54. The minimum absolute atomic E-state index is 0.314. The highest BCUT2D eigenvalue weighted by Crippen LogP contribution is 2.30. The number of halogens is 3. The van der Waals surface area contributed by atoms with Crippen LogP contribution >= 0.6 is 0 Å². The van der Waals surface area contributed by atoms with Gasteiger partial charge in [0.05, 0.1) is 5.56 Å². The summed E-state index contributed by atoms with van der Waals surface area (Å²) in [5.74, 6) is 1.72. The lowest BCUT2D eigenvalue weighted by molar-refractivity contribution is -0.137. The number of aryl methyl sites for hydroxylation is 1. The van der Waals surface area contributed by atoms with E-state index in [2.05, 4.69) is 20.4 Å². The number of benzene rings is 1. The molecule has 0 radical (unpaired) electrons. The van der Waals surface area contributed by atoms with Gasteiger partial charge in [0, 0.05) is 50.6 Å². The van der Waals surface area contributed by atoms with Gasteiger partial charge in [-0.3, -0.25) is 0 Å². The molecule has 2 amide bonds. The Balaban J connectivity index is 1.31. The molecular formula is C20H19F3N6O2. The maximum Gasteiger partial charge on any atom is 0.416 e. The van der Waals surface area contributed by atoms with Crippen LogP contribution in [0.2, 0.25) is 0 Å². The molecule has 3 heterocycles. The number of anilines is 2. The molecular weight excluding hydrogens is 413 g/mol. The topological polar surface area (TPSA) is 87.4 Å². The fraction of sp³-hybridized carbons (Fsp3) is 0.300. The lowest BCUT2D eigenvalue weighted by Crippen LogP contribution is -2.50. The third kappa shape index (κ3) is 4.76. The number of alkyl halides is 3. The average molecular weight is 432 g/mol. The van der Waals surface area contributed by atoms with Crippen LogP contribution in [0.3, 0.4) is 0 Å². The zero-order chi connectivity index (χ0) is 22.0. The SMILES string of the molecule is Cc1nc(-c2ccc(N3CCN(C(=O)Nc4ccc(C(F)(F)F)cc4)CC3)nc2)no1. The molecule has 0 atom stereocenters. The maximum atomic E-state index is 12.6. The van der Waals surface area contributed by atoms with E-state index < -0.39 is 11.7 Å². The van der Waals surface area contributed by atoms with Crippen LogP contribution in [0.4, 0.5) is 29.5 Å². The highest BCUT2D eigenvalue weighted by atomic mass is 19.4. The van der Waals surface area contributed by atoms with Crippen molar-refractivity contribution in [2.24, 2.45) is 0 Å². The van der Waals surface area contributed by atoms with Crippen molar-refractivity contribution in [1.29, 1.82) is 0 Å². The zero-order valence-electron chi connectivity index (χ0n) is 16.6. The molecule has 1 aliphatic rings. The number of amides is 2. The first-order chi connectivity index (χ1) is 14.8. The number of carbonyl (C=O) groups excluding carboxylic acids is 1. The fourth-order valence-electron chi connectivity index (χ4n) is 3.21. The molecule has 0 aliphatic carbocycles. The highest BCUT2D eigenvalue weighted by molar-refractivity contribution is 5.89. The highest BCUT2D eigenvalue weighted by Gasteiger charge is 2.30. The Morgan fingerprint density at radius 2 is 1.77 bits per heavy atom. The Kier molecular flexibility index (Phi) is 5.49. The Morgan fingerprint density at radius 1 is 1.06 bits per heavy atom. The van der Waals surface area contributed by atoms with E-state index in [0.29, 0.717) is 43.6 Å². The third-order valence-corrected chi connectivity index (χ3v) is 4.89. The summed E-state index contributed by atoms with van der Waals surface area (Å²) in [5, 5.41) is 6.50. The average Bonchev–Trinajstić information content (AvgIpc) is 3.20. The lowest BCUT2D eigenvalue weighted by Gasteiger charge is -2.35. The number of rotatable bonds is 3. The fourth-order valence-corrected chi connectivity index (χ4v) is 3.21. The predicted octanol–water partition coefficient (Wildman–Crippen LogP) is 3.81. The number of carbonyl (C=O) groups is 1. The van der Waals surface area contributed by atoms with E-state index in [1.807, 2.05) is 17.0 Å². The molecule has 0 bridgehead atoms. The van der Waals surface area contributed by atoms with E-state index >= 15 is 0 Å². The number of piperazine rings is 1. The molecule has 11 heteroatoms. The summed E-state index contributed by atoms with van der Waals surface area (Å²) in [6, 6.07) is 7.74. The van der Waals surface area contributed by atoms with Crippen LogP contribution in [0.5, 0.6) is 0 Å². The second kappa shape index (κ2) is 8.25. The molecule has 3 aromatic rings. The normalized spacial score (nSPS) is 14.6. The van der Waals surface area contributed by atoms with E-state index in [1.54, 1.807) is 18.0 Å². The van der Waals surface area contributed by atoms with Crippen molar-refractivity contribution in [3.63, 3.8) is 0 Å². The van der Waals surface area contributed by atoms with E-state index in [1.165, 1.54) is 12.1 Å². The number of hydrogen-bond donors (Lipinski definition) is 1. The van der Waals surface area contributed by atoms with Gasteiger partial charge in [-0.15, -0.1) is 0 Å². The van der Waals surface area contributed by atoms with Crippen LogP contribution in [0.15, 0.2) is 47.1 Å². The number of nitrogens with one attached hydrogen (secondary N) is 1. The summed E-state index contributed by atoms with van der Waals surface area (Å²) in [6.45, 7) is 3.79. The van der Waals surface area contributed by atoms with Crippen molar-refractivity contribution in [3.05, 3.63) is 54.0 Å². The predicted molar refractivity (Wildman–Crippen MR) is 107 cm³/mol. The lowest BCUT2D eigenvalue weighted by atomic mass is 10.2. The number of urea groups is 1. The first-order valence-electron chi connectivity index (χ1n) is 9.54. The molecule has 162 valence electrons. The van der Waals surface area contributed by atoms with Gasteiger partial charge in [0.25, 0.3) is 0 Å². The van der Waals surface area contributed by atoms with Crippen molar-refractivity contribution in [3.8, 4) is 11.4 Å². The quantitative estimate of drug-likeness (QED) is 0.677. The van der Waals surface area contributed by atoms with Gasteiger partial charge in [-0.2, -0.15) is 18.2 Å². The van der Waals surface area contributed by atoms with Crippen molar-refractivity contribution < 1.29 is 22.5 Å². The summed E-state index contributed by atoms with van der Waals surface area (Å²) in [5.41, 5.74) is 0.302. The number of aromatic nitrogens is 3. The Hall–Kier alpha value is -3.63.